The Bertz CT molecular complexity index is 606. The normalized spacial score (nSPS) is 19.3. The van der Waals surface area contributed by atoms with E-state index in [1.54, 1.807) is 12.1 Å². The fraction of sp³-hybridized carbons (Fsp3) is 0.526. The molecule has 3 N–H and O–H groups in total. The van der Waals surface area contributed by atoms with Crippen LogP contribution in [0.15, 0.2) is 30.3 Å². The second-order valence-corrected chi connectivity index (χ2v) is 6.59. The van der Waals surface area contributed by atoms with Crippen molar-refractivity contribution in [2.45, 2.75) is 45.1 Å². The molecule has 7 heteroatoms. The summed E-state index contributed by atoms with van der Waals surface area (Å²) in [6.07, 6.45) is 4.41. The number of esters is 1. The Morgan fingerprint density at radius 2 is 1.85 bits per heavy atom. The molecule has 2 rings (SSSR count). The van der Waals surface area contributed by atoms with Crippen LogP contribution >= 0.6 is 0 Å². The summed E-state index contributed by atoms with van der Waals surface area (Å²) in [4.78, 5) is 35.2. The predicted octanol–water partition coefficient (Wildman–Crippen LogP) is 2.44. The Balaban J connectivity index is 1.57. The van der Waals surface area contributed by atoms with Crippen LogP contribution in [0.25, 0.3) is 0 Å². The molecule has 0 aromatic heterocycles. The highest BCUT2D eigenvalue weighted by molar-refractivity contribution is 5.89. The van der Waals surface area contributed by atoms with E-state index < -0.39 is 12.0 Å². The maximum atomic E-state index is 11.9. The number of amides is 3. The van der Waals surface area contributed by atoms with Crippen molar-refractivity contribution in [2.24, 2.45) is 5.92 Å². The van der Waals surface area contributed by atoms with Crippen LogP contribution in [0.2, 0.25) is 0 Å². The van der Waals surface area contributed by atoms with Gasteiger partial charge in [-0.1, -0.05) is 38.0 Å². The van der Waals surface area contributed by atoms with E-state index in [0.717, 1.165) is 19.3 Å². The molecule has 1 aromatic carbocycles. The van der Waals surface area contributed by atoms with E-state index >= 15 is 0 Å². The molecule has 0 unspecified atom stereocenters. The third-order valence-electron chi connectivity index (χ3n) is 4.47. The molecule has 2 atom stereocenters. The van der Waals surface area contributed by atoms with E-state index in [2.05, 4.69) is 22.9 Å². The lowest BCUT2D eigenvalue weighted by molar-refractivity contribution is -0.148. The third kappa shape index (κ3) is 7.13. The fourth-order valence-corrected chi connectivity index (χ4v) is 2.97. The lowest BCUT2D eigenvalue weighted by Gasteiger charge is -2.29. The smallest absolute Gasteiger partial charge is 0.319 e. The number of carbonyl (C=O) groups excluding carboxylic acids is 3. The summed E-state index contributed by atoms with van der Waals surface area (Å²) in [7, 11) is 0. The molecule has 1 aliphatic rings. The second-order valence-electron chi connectivity index (χ2n) is 6.59. The van der Waals surface area contributed by atoms with Crippen LogP contribution in [0.5, 0.6) is 0 Å². The summed E-state index contributed by atoms with van der Waals surface area (Å²) in [5, 5.41) is 8.15. The molecule has 1 aromatic rings. The van der Waals surface area contributed by atoms with Gasteiger partial charge in [-0.2, -0.15) is 0 Å². The summed E-state index contributed by atoms with van der Waals surface area (Å²) in [6, 6.07) is 8.77. The molecule has 0 saturated heterocycles. The number of anilines is 1. The molecule has 0 aliphatic heterocycles. The van der Waals surface area contributed by atoms with Crippen LogP contribution < -0.4 is 16.0 Å². The minimum absolute atomic E-state index is 0.00925. The van der Waals surface area contributed by atoms with Crippen LogP contribution in [0.1, 0.15) is 39.0 Å². The SMILES string of the molecule is C[C@H]1CCCC[C@H]1NC(=O)COC(=O)CCNC(=O)Nc1ccccc1. The first-order valence-electron chi connectivity index (χ1n) is 9.09. The zero-order valence-corrected chi connectivity index (χ0v) is 15.1. The molecule has 0 spiro atoms. The summed E-state index contributed by atoms with van der Waals surface area (Å²) in [5.74, 6) is -0.334. The van der Waals surface area contributed by atoms with Crippen molar-refractivity contribution in [2.75, 3.05) is 18.5 Å². The standard InChI is InChI=1S/C19H27N3O4/c1-14-7-5-6-10-16(14)22-17(23)13-26-18(24)11-12-20-19(25)21-15-8-3-2-4-9-15/h2-4,8-9,14,16H,5-7,10-13H2,1H3,(H,22,23)(H2,20,21,25)/t14-,16+/m0/s1. The molecule has 0 heterocycles. The number of ether oxygens (including phenoxy) is 1. The number of nitrogens with one attached hydrogen (secondary N) is 3. The van der Waals surface area contributed by atoms with Crippen molar-refractivity contribution >= 4 is 23.6 Å². The van der Waals surface area contributed by atoms with E-state index in [1.165, 1.54) is 6.42 Å². The zero-order chi connectivity index (χ0) is 18.8. The van der Waals surface area contributed by atoms with Gasteiger partial charge in [0.05, 0.1) is 6.42 Å². The molecule has 1 fully saturated rings. The van der Waals surface area contributed by atoms with E-state index in [1.807, 2.05) is 18.2 Å². The average molecular weight is 361 g/mol. The fourth-order valence-electron chi connectivity index (χ4n) is 2.97. The zero-order valence-electron chi connectivity index (χ0n) is 15.1. The summed E-state index contributed by atoms with van der Waals surface area (Å²) in [5.41, 5.74) is 0.668. The number of rotatable bonds is 7. The predicted molar refractivity (Wildman–Crippen MR) is 98.6 cm³/mol. The van der Waals surface area contributed by atoms with Crippen molar-refractivity contribution < 1.29 is 19.1 Å². The van der Waals surface area contributed by atoms with Gasteiger partial charge < -0.3 is 20.7 Å². The first-order valence-corrected chi connectivity index (χ1v) is 9.09. The van der Waals surface area contributed by atoms with Gasteiger partial charge in [0.1, 0.15) is 0 Å². The Kier molecular flexibility index (Phi) is 7.92. The minimum Gasteiger partial charge on any atom is -0.456 e. The number of carbonyl (C=O) groups is 3. The van der Waals surface area contributed by atoms with Gasteiger partial charge in [0.15, 0.2) is 6.61 Å². The second kappa shape index (κ2) is 10.4. The lowest BCUT2D eigenvalue weighted by Crippen LogP contribution is -2.43. The number of hydrogen-bond acceptors (Lipinski definition) is 4. The quantitative estimate of drug-likeness (QED) is 0.650. The lowest BCUT2D eigenvalue weighted by atomic mass is 9.86. The molecular weight excluding hydrogens is 334 g/mol. The molecule has 1 saturated carbocycles. The topological polar surface area (TPSA) is 96.5 Å². The Labute approximate surface area is 153 Å². The molecule has 7 nitrogen and oxygen atoms in total. The van der Waals surface area contributed by atoms with Crippen LogP contribution in [0, 0.1) is 5.92 Å². The summed E-state index contributed by atoms with van der Waals surface area (Å²) >= 11 is 0. The van der Waals surface area contributed by atoms with Crippen LogP contribution in [0.3, 0.4) is 0 Å². The maximum absolute atomic E-state index is 11.9. The van der Waals surface area contributed by atoms with E-state index in [0.29, 0.717) is 11.6 Å². The highest BCUT2D eigenvalue weighted by Gasteiger charge is 2.23. The first kappa shape index (κ1) is 19.8. The van der Waals surface area contributed by atoms with E-state index in [-0.39, 0.29) is 31.5 Å². The average Bonchev–Trinajstić information content (AvgIpc) is 2.63. The van der Waals surface area contributed by atoms with Gasteiger partial charge in [0.2, 0.25) is 0 Å². The Morgan fingerprint density at radius 3 is 2.58 bits per heavy atom. The third-order valence-corrected chi connectivity index (χ3v) is 4.47. The number of hydrogen-bond donors (Lipinski definition) is 3. The monoisotopic (exact) mass is 361 g/mol. The van der Waals surface area contributed by atoms with Crippen molar-refractivity contribution in [3.8, 4) is 0 Å². The van der Waals surface area contributed by atoms with Gasteiger partial charge in [-0.05, 0) is 30.9 Å². The molecule has 3 amide bonds. The highest BCUT2D eigenvalue weighted by Crippen LogP contribution is 2.23. The molecule has 142 valence electrons. The highest BCUT2D eigenvalue weighted by atomic mass is 16.5. The van der Waals surface area contributed by atoms with Crippen molar-refractivity contribution in [3.63, 3.8) is 0 Å². The Morgan fingerprint density at radius 1 is 1.12 bits per heavy atom. The van der Waals surface area contributed by atoms with E-state index in [4.69, 9.17) is 4.74 Å². The number of benzene rings is 1. The van der Waals surface area contributed by atoms with Crippen molar-refractivity contribution in [3.05, 3.63) is 30.3 Å². The summed E-state index contributed by atoms with van der Waals surface area (Å²) in [6.45, 7) is 1.99. The molecular formula is C19H27N3O4. The largest absolute Gasteiger partial charge is 0.456 e. The van der Waals surface area contributed by atoms with Gasteiger partial charge in [-0.15, -0.1) is 0 Å². The van der Waals surface area contributed by atoms with Crippen molar-refractivity contribution in [1.29, 1.82) is 0 Å². The van der Waals surface area contributed by atoms with Gasteiger partial charge in [0, 0.05) is 18.3 Å². The van der Waals surface area contributed by atoms with Crippen LogP contribution in [-0.2, 0) is 14.3 Å². The van der Waals surface area contributed by atoms with Crippen LogP contribution in [-0.4, -0.2) is 37.1 Å². The molecule has 26 heavy (non-hydrogen) atoms. The van der Waals surface area contributed by atoms with Crippen molar-refractivity contribution in [1.82, 2.24) is 10.6 Å². The minimum atomic E-state index is -0.517. The number of urea groups is 1. The first-order chi connectivity index (χ1) is 12.5. The van der Waals surface area contributed by atoms with Crippen LogP contribution in [0.4, 0.5) is 10.5 Å². The van der Waals surface area contributed by atoms with Gasteiger partial charge in [-0.25, -0.2) is 4.79 Å². The summed E-state index contributed by atoms with van der Waals surface area (Å²) < 4.78 is 4.96. The van der Waals surface area contributed by atoms with Gasteiger partial charge in [-0.3, -0.25) is 9.59 Å². The van der Waals surface area contributed by atoms with Gasteiger partial charge >= 0.3 is 12.0 Å². The Hall–Kier alpha value is -2.57. The molecule has 1 aliphatic carbocycles. The maximum Gasteiger partial charge on any atom is 0.319 e. The molecule has 0 radical (unpaired) electrons. The molecule has 0 bridgehead atoms. The number of para-hydroxylation sites is 1. The van der Waals surface area contributed by atoms with Gasteiger partial charge in [0.25, 0.3) is 5.91 Å². The van der Waals surface area contributed by atoms with E-state index in [9.17, 15) is 14.4 Å².